The summed E-state index contributed by atoms with van der Waals surface area (Å²) in [6.07, 6.45) is 51.9. The molecule has 680 valence electrons. The highest BCUT2D eigenvalue weighted by Crippen LogP contribution is 2.08. The summed E-state index contributed by atoms with van der Waals surface area (Å²) in [5, 5.41) is 4.43. The van der Waals surface area contributed by atoms with Gasteiger partial charge in [0, 0.05) is 49.1 Å². The molecule has 0 atom stereocenters. The highest BCUT2D eigenvalue weighted by molar-refractivity contribution is 8.16. The summed E-state index contributed by atoms with van der Waals surface area (Å²) in [5.74, 6) is 33.1. The number of hydrogen-bond acceptors (Lipinski definition) is 28. The molecule has 0 heterocycles. The molecule has 0 bridgehead atoms. The number of thiol groups is 11. The van der Waals surface area contributed by atoms with E-state index in [2.05, 4.69) is 310 Å². The lowest BCUT2D eigenvalue weighted by molar-refractivity contribution is 0.780. The Kier molecular flexibility index (Phi) is 348. The minimum absolute atomic E-state index is 0.963. The van der Waals surface area contributed by atoms with Crippen molar-refractivity contribution in [3.05, 3.63) is 24.3 Å². The molecule has 0 aromatic carbocycles. The van der Waals surface area contributed by atoms with Crippen LogP contribution < -0.4 is 0 Å². The zero-order valence-electron chi connectivity index (χ0n) is 75.2. The van der Waals surface area contributed by atoms with Crippen molar-refractivity contribution in [1.29, 1.82) is 0 Å². The predicted molar refractivity (Wildman–Crippen MR) is 634 cm³/mol. The van der Waals surface area contributed by atoms with Gasteiger partial charge in [-0.15, -0.1) is 0 Å². The molecule has 0 radical (unpaired) electrons. The SMILES string of the molecule is C/C=C\CCS.C/C=C\CSC.CCCCCS.CCCCCS.CCCCSC.CCCCSC.CCCSCC.CCCSCC.CCCSCS.CCCSCS.CCSCCS.CCSCCS.CCSCSC.CCSCSC.CSCCCS.CSCCCS.CSCCSC.SCCCCS. The second kappa shape index (κ2) is 234. The zero-order valence-corrected chi connectivity index (χ0v) is 99.0. The van der Waals surface area contributed by atoms with Crippen molar-refractivity contribution in [3.8, 4) is 0 Å². The van der Waals surface area contributed by atoms with Crippen LogP contribution in [0.25, 0.3) is 0 Å². The molecule has 0 saturated heterocycles. The summed E-state index contributed by atoms with van der Waals surface area (Å²) < 4.78 is 0. The molecule has 0 N–H and O–H groups in total. The molecule has 0 spiro atoms. The van der Waals surface area contributed by atoms with E-state index in [1.54, 1.807) is 0 Å². The predicted octanol–water partition coefficient (Wildman–Crippen LogP) is 34.8. The van der Waals surface area contributed by atoms with Crippen LogP contribution in [0.2, 0.25) is 0 Å². The molecule has 0 aliphatic heterocycles. The van der Waals surface area contributed by atoms with E-state index in [-0.39, 0.29) is 0 Å². The summed E-state index contributed by atoms with van der Waals surface area (Å²) >= 11 is 76.9. The molecule has 0 aliphatic rings. The van der Waals surface area contributed by atoms with Crippen LogP contribution in [-0.2, 0) is 0 Å². The molecule has 0 fully saturated rings. The Labute approximate surface area is 822 Å². The van der Waals surface area contributed by atoms with Gasteiger partial charge in [0.15, 0.2) is 0 Å². The van der Waals surface area contributed by atoms with Gasteiger partial charge in [0.2, 0.25) is 0 Å². The monoisotopic (exact) mass is 2050 g/mol. The molecule has 0 amide bonds. The molecular formula is C80H192S28. The maximum atomic E-state index is 4.05. The fourth-order valence-electron chi connectivity index (χ4n) is 4.29. The van der Waals surface area contributed by atoms with Crippen molar-refractivity contribution in [1.82, 2.24) is 0 Å². The quantitative estimate of drug-likeness (QED) is 0.0121. The highest BCUT2D eigenvalue weighted by Gasteiger charge is 1.84. The third-order valence-electron chi connectivity index (χ3n) is 9.70. The van der Waals surface area contributed by atoms with Crippen molar-refractivity contribution in [2.75, 3.05) is 238 Å². The smallest absolute Gasteiger partial charge is 0.0389 e. The summed E-state index contributed by atoms with van der Waals surface area (Å²) in [4.78, 5) is 0. The van der Waals surface area contributed by atoms with Crippen molar-refractivity contribution in [2.45, 2.75) is 233 Å². The van der Waals surface area contributed by atoms with Gasteiger partial charge in [-0.3, -0.25) is 0 Å². The van der Waals surface area contributed by atoms with E-state index < -0.39 is 0 Å². The second-order valence-electron chi connectivity index (χ2n) is 20.0. The number of rotatable bonds is 52. The maximum absolute atomic E-state index is 4.05. The van der Waals surface area contributed by atoms with Gasteiger partial charge in [0.25, 0.3) is 0 Å². The standard InChI is InChI=1S/2C5H12S.C5H10S.4C5H12S.C5H10S.10C4H10S2/c3*1-3-4-5-6-2;2*1-3-5-6-4-2;3*1-2-3-4-5-6;1-5-3-4-6-2;2*1-6-4-2-3-5;2*1-3-6-4-5-2;2*1-2-6-4-3-5;2*1-2-3-6-4-5;5-3-1-2-4-6/h2*3-5H2,1-2H3;3-4H,5H2,1-2H3;2*3-5H2,1-2H3;2*6H,2-5H2,1H3;2-3,6H,4-5H2,1H3;3-4H2,1-2H3;2*5H,2-4H2,1H3;2*3-4H2,1-2H3;4*5H,2-4H2,1H3;5-6H,1-4H2/b;;4-3-;;;;;3-2-;;;;;;;;;;. The number of unbranched alkanes of at least 4 members (excludes halogenated alkanes) is 7. The lowest BCUT2D eigenvalue weighted by Crippen LogP contribution is -1.77. The van der Waals surface area contributed by atoms with Gasteiger partial charge in [0.1, 0.15) is 0 Å². The van der Waals surface area contributed by atoms with E-state index in [0.29, 0.717) is 0 Å². The Hall–Kier alpha value is 9.28. The highest BCUT2D eigenvalue weighted by atomic mass is 32.2. The molecule has 0 aromatic rings. The van der Waals surface area contributed by atoms with Crippen LogP contribution >= 0.6 is 339 Å². The molecule has 28 heteroatoms. The third-order valence-corrected chi connectivity index (χ3v) is 28.6. The second-order valence-corrected chi connectivity index (χ2v) is 45.2. The molecule has 0 aliphatic carbocycles. The number of thioether (sulfide) groups is 17. The van der Waals surface area contributed by atoms with E-state index in [0.717, 1.165) is 74.1 Å². The van der Waals surface area contributed by atoms with Crippen molar-refractivity contribution < 1.29 is 0 Å². The van der Waals surface area contributed by atoms with E-state index >= 15 is 0 Å². The lowest BCUT2D eigenvalue weighted by atomic mass is 10.3. The molecule has 0 aromatic heterocycles. The van der Waals surface area contributed by atoms with Crippen molar-refractivity contribution in [2.24, 2.45) is 0 Å². The normalized spacial score (nSPS) is 9.15. The molecule has 0 saturated carbocycles. The molecule has 0 nitrogen and oxygen atoms in total. The Morgan fingerprint density at radius 1 is 0.204 bits per heavy atom. The zero-order chi connectivity index (χ0) is 86.9. The van der Waals surface area contributed by atoms with Crippen molar-refractivity contribution in [3.63, 3.8) is 0 Å². The van der Waals surface area contributed by atoms with Gasteiger partial charge in [0.05, 0.1) is 0 Å². The van der Waals surface area contributed by atoms with Gasteiger partial charge >= 0.3 is 0 Å². The van der Waals surface area contributed by atoms with E-state index in [9.17, 15) is 0 Å². The van der Waals surface area contributed by atoms with Gasteiger partial charge in [-0.25, -0.2) is 0 Å². The van der Waals surface area contributed by atoms with Crippen LogP contribution in [0.4, 0.5) is 0 Å². The third kappa shape index (κ3) is 376. The Balaban J connectivity index is -0.0000000496. The average molecular weight is 2050 g/mol. The molecular weight excluding hydrogens is 1860 g/mol. The Morgan fingerprint density at radius 3 is 0.556 bits per heavy atom. The lowest BCUT2D eigenvalue weighted by Gasteiger charge is -1.87. The fourth-order valence-corrected chi connectivity index (χ4v) is 16.9. The Bertz CT molecular complexity index is 728. The van der Waals surface area contributed by atoms with Gasteiger partial charge in [-0.2, -0.15) is 339 Å². The first-order chi connectivity index (χ1) is 52.5. The first-order valence-corrected chi connectivity index (χ1v) is 68.1. The average Bonchev–Trinajstić information content (AvgIpc) is 3.71. The van der Waals surface area contributed by atoms with E-state index in [1.807, 2.05) is 220 Å². The summed E-state index contributed by atoms with van der Waals surface area (Å²) in [5.41, 5.74) is 0. The topological polar surface area (TPSA) is 0 Å². The van der Waals surface area contributed by atoms with Crippen LogP contribution in [0.1, 0.15) is 233 Å². The first-order valence-electron chi connectivity index (χ1n) is 39.4. The minimum atomic E-state index is 0.963. The molecule has 108 heavy (non-hydrogen) atoms. The van der Waals surface area contributed by atoms with E-state index in [1.165, 1.54) is 229 Å². The van der Waals surface area contributed by atoms with Crippen LogP contribution in [0, 0.1) is 0 Å². The van der Waals surface area contributed by atoms with Crippen LogP contribution in [0.5, 0.6) is 0 Å². The fraction of sp³-hybridized carbons (Fsp3) is 0.950. The van der Waals surface area contributed by atoms with Crippen molar-refractivity contribution >= 4 is 339 Å². The number of hydrogen-bond donors (Lipinski definition) is 11. The van der Waals surface area contributed by atoms with E-state index in [4.69, 9.17) is 0 Å². The van der Waals surface area contributed by atoms with Gasteiger partial charge < -0.3 is 0 Å². The van der Waals surface area contributed by atoms with Crippen LogP contribution in [-0.4, -0.2) is 238 Å². The maximum Gasteiger partial charge on any atom is 0.0389 e. The van der Waals surface area contributed by atoms with Crippen LogP contribution in [0.15, 0.2) is 24.3 Å². The summed E-state index contributed by atoms with van der Waals surface area (Å²) in [6.45, 7) is 34.7. The first kappa shape index (κ1) is 161. The molecule has 0 rings (SSSR count). The summed E-state index contributed by atoms with van der Waals surface area (Å²) in [7, 11) is 0. The Morgan fingerprint density at radius 2 is 0.454 bits per heavy atom. The van der Waals surface area contributed by atoms with Crippen LogP contribution in [0.3, 0.4) is 0 Å². The van der Waals surface area contributed by atoms with Gasteiger partial charge in [-0.05, 0) is 286 Å². The summed E-state index contributed by atoms with van der Waals surface area (Å²) in [6, 6.07) is 0. The number of allylic oxidation sites excluding steroid dienone is 3. The largest absolute Gasteiger partial charge is 0.179 e. The van der Waals surface area contributed by atoms with Gasteiger partial charge in [-0.1, -0.05) is 160 Å². The minimum Gasteiger partial charge on any atom is -0.179 e. The molecule has 0 unspecified atom stereocenters.